The molecule has 1 fully saturated rings. The van der Waals surface area contributed by atoms with Gasteiger partial charge in [-0.2, -0.15) is 13.2 Å². The summed E-state index contributed by atoms with van der Waals surface area (Å²) in [6.45, 7) is -1.25. The van der Waals surface area contributed by atoms with Crippen molar-refractivity contribution in [3.05, 3.63) is 23.9 Å². The van der Waals surface area contributed by atoms with Crippen LogP contribution in [0.4, 0.5) is 13.2 Å². The first kappa shape index (κ1) is 17.0. The smallest absolute Gasteiger partial charge is 0.422 e. The van der Waals surface area contributed by atoms with E-state index in [1.54, 1.807) is 0 Å². The minimum atomic E-state index is -4.51. The Bertz CT molecular complexity index is 592. The monoisotopic (exact) mass is 332 g/mol. The lowest BCUT2D eigenvalue weighted by Gasteiger charge is -2.32. The number of amides is 1. The summed E-state index contributed by atoms with van der Waals surface area (Å²) in [6, 6.07) is 2.91. The van der Waals surface area contributed by atoms with Crippen molar-refractivity contribution in [1.82, 2.24) is 9.88 Å². The number of ether oxygens (including phenoxy) is 1. The van der Waals surface area contributed by atoms with E-state index in [9.17, 15) is 22.8 Å². The summed E-state index contributed by atoms with van der Waals surface area (Å²) < 4.78 is 40.9. The van der Waals surface area contributed by atoms with Crippen LogP contribution in [0.3, 0.4) is 0 Å². The Labute approximate surface area is 129 Å². The molecule has 9 heteroatoms. The predicted molar refractivity (Wildman–Crippen MR) is 72.1 cm³/mol. The van der Waals surface area contributed by atoms with Crippen molar-refractivity contribution < 1.29 is 32.6 Å². The van der Waals surface area contributed by atoms with Crippen molar-refractivity contribution in [1.29, 1.82) is 0 Å². The van der Waals surface area contributed by atoms with Crippen LogP contribution in [0.15, 0.2) is 18.2 Å². The molecule has 0 unspecified atom stereocenters. The zero-order chi connectivity index (χ0) is 17.0. The van der Waals surface area contributed by atoms with Gasteiger partial charge < -0.3 is 14.7 Å². The minimum absolute atomic E-state index is 0.141. The number of piperidine rings is 1. The fourth-order valence-corrected chi connectivity index (χ4v) is 2.35. The molecule has 1 N–H and O–H groups in total. The van der Waals surface area contributed by atoms with Gasteiger partial charge in [-0.25, -0.2) is 9.78 Å². The maximum absolute atomic E-state index is 12.4. The lowest BCUT2D eigenvalue weighted by molar-refractivity contribution is -0.154. The maximum atomic E-state index is 12.4. The standard InChI is InChI=1S/C14H15F3N2O4/c15-14(16,17)8-23-11-6-3-4-9(18-11)12(20)19-7-2-1-5-10(19)13(21)22/h3-4,6,10H,1-2,5,7-8H2,(H,21,22)/t10-/m1/s1. The van der Waals surface area contributed by atoms with Crippen LogP contribution >= 0.6 is 0 Å². The molecule has 0 radical (unpaired) electrons. The molecule has 1 saturated heterocycles. The molecule has 0 spiro atoms. The molecule has 0 saturated carbocycles. The Morgan fingerprint density at radius 3 is 2.74 bits per heavy atom. The number of carboxylic acid groups (broad SMARTS) is 1. The first-order valence-electron chi connectivity index (χ1n) is 6.98. The van der Waals surface area contributed by atoms with Gasteiger partial charge in [-0.05, 0) is 25.3 Å². The quantitative estimate of drug-likeness (QED) is 0.913. The second kappa shape index (κ2) is 6.84. The number of aromatic nitrogens is 1. The van der Waals surface area contributed by atoms with Gasteiger partial charge in [-0.15, -0.1) is 0 Å². The van der Waals surface area contributed by atoms with Gasteiger partial charge in [0.25, 0.3) is 5.91 Å². The predicted octanol–water partition coefficient (Wildman–Crippen LogP) is 2.10. The van der Waals surface area contributed by atoms with Gasteiger partial charge in [0.15, 0.2) is 6.61 Å². The molecule has 0 aliphatic carbocycles. The van der Waals surface area contributed by atoms with Gasteiger partial charge in [0, 0.05) is 12.6 Å². The van der Waals surface area contributed by atoms with E-state index in [1.807, 2.05) is 0 Å². The summed E-state index contributed by atoms with van der Waals surface area (Å²) in [5.41, 5.74) is -0.141. The Balaban J connectivity index is 2.14. The lowest BCUT2D eigenvalue weighted by atomic mass is 10.0. The van der Waals surface area contributed by atoms with Crippen LogP contribution in [0.5, 0.6) is 5.88 Å². The Hall–Kier alpha value is -2.32. The van der Waals surface area contributed by atoms with E-state index < -0.39 is 30.7 Å². The number of hydrogen-bond acceptors (Lipinski definition) is 4. The Morgan fingerprint density at radius 1 is 1.35 bits per heavy atom. The average molecular weight is 332 g/mol. The van der Waals surface area contributed by atoms with Crippen LogP contribution < -0.4 is 4.74 Å². The zero-order valence-corrected chi connectivity index (χ0v) is 12.0. The van der Waals surface area contributed by atoms with Crippen molar-refractivity contribution in [2.75, 3.05) is 13.2 Å². The molecule has 0 bridgehead atoms. The number of alkyl halides is 3. The maximum Gasteiger partial charge on any atom is 0.422 e. The topological polar surface area (TPSA) is 79.7 Å². The Morgan fingerprint density at radius 2 is 2.09 bits per heavy atom. The van der Waals surface area contributed by atoms with Gasteiger partial charge in [0.2, 0.25) is 5.88 Å². The highest BCUT2D eigenvalue weighted by atomic mass is 19.4. The van der Waals surface area contributed by atoms with Gasteiger partial charge in [-0.1, -0.05) is 6.07 Å². The number of carbonyl (C=O) groups excluding carboxylic acids is 1. The SMILES string of the molecule is O=C(O)[C@H]1CCCCN1C(=O)c1cccc(OCC(F)(F)F)n1. The number of carboxylic acids is 1. The van der Waals surface area contributed by atoms with E-state index in [-0.39, 0.29) is 18.1 Å². The lowest BCUT2D eigenvalue weighted by Crippen LogP contribution is -2.48. The van der Waals surface area contributed by atoms with E-state index in [4.69, 9.17) is 5.11 Å². The molecule has 1 aliphatic rings. The molecule has 6 nitrogen and oxygen atoms in total. The van der Waals surface area contributed by atoms with Crippen LogP contribution in [0.2, 0.25) is 0 Å². The van der Waals surface area contributed by atoms with Crippen LogP contribution in [-0.2, 0) is 4.79 Å². The van der Waals surface area contributed by atoms with Crippen LogP contribution in [0.1, 0.15) is 29.8 Å². The summed E-state index contributed by atoms with van der Waals surface area (Å²) in [5, 5.41) is 9.17. The van der Waals surface area contributed by atoms with Crippen LogP contribution in [-0.4, -0.2) is 52.2 Å². The van der Waals surface area contributed by atoms with Gasteiger partial charge in [-0.3, -0.25) is 4.79 Å². The molecule has 1 amide bonds. The number of hydrogen-bond donors (Lipinski definition) is 1. The number of aliphatic carboxylic acids is 1. The fourth-order valence-electron chi connectivity index (χ4n) is 2.35. The van der Waals surface area contributed by atoms with Gasteiger partial charge >= 0.3 is 12.1 Å². The normalized spacial score (nSPS) is 18.6. The highest BCUT2D eigenvalue weighted by Gasteiger charge is 2.33. The highest BCUT2D eigenvalue weighted by molar-refractivity contribution is 5.95. The third-order valence-electron chi connectivity index (χ3n) is 3.38. The number of likely N-dealkylation sites (tertiary alicyclic amines) is 1. The third kappa shape index (κ3) is 4.57. The minimum Gasteiger partial charge on any atom is -0.480 e. The van der Waals surface area contributed by atoms with Crippen molar-refractivity contribution in [3.8, 4) is 5.88 Å². The molecular formula is C14H15F3N2O4. The molecule has 2 heterocycles. The molecule has 1 aromatic rings. The molecule has 126 valence electrons. The molecular weight excluding hydrogens is 317 g/mol. The molecule has 1 aliphatic heterocycles. The summed E-state index contributed by atoms with van der Waals surface area (Å²) in [7, 11) is 0. The molecule has 0 aromatic carbocycles. The third-order valence-corrected chi connectivity index (χ3v) is 3.38. The second-order valence-electron chi connectivity index (χ2n) is 5.11. The van der Waals surface area contributed by atoms with E-state index >= 15 is 0 Å². The molecule has 1 aromatic heterocycles. The summed E-state index contributed by atoms with van der Waals surface area (Å²) >= 11 is 0. The second-order valence-corrected chi connectivity index (χ2v) is 5.11. The first-order valence-corrected chi connectivity index (χ1v) is 6.98. The number of nitrogens with zero attached hydrogens (tertiary/aromatic N) is 2. The van der Waals surface area contributed by atoms with Crippen LogP contribution in [0.25, 0.3) is 0 Å². The Kier molecular flexibility index (Phi) is 5.07. The molecule has 2 rings (SSSR count). The number of pyridine rings is 1. The summed E-state index contributed by atoms with van der Waals surface area (Å²) in [5.74, 6) is -2.07. The van der Waals surface area contributed by atoms with Crippen molar-refractivity contribution >= 4 is 11.9 Å². The summed E-state index contributed by atoms with van der Waals surface area (Å²) in [6.07, 6.45) is -2.81. The first-order chi connectivity index (χ1) is 10.8. The average Bonchev–Trinajstić information content (AvgIpc) is 2.52. The van der Waals surface area contributed by atoms with E-state index in [2.05, 4.69) is 9.72 Å². The summed E-state index contributed by atoms with van der Waals surface area (Å²) in [4.78, 5) is 28.5. The molecule has 23 heavy (non-hydrogen) atoms. The van der Waals surface area contributed by atoms with E-state index in [1.165, 1.54) is 23.1 Å². The number of carbonyl (C=O) groups is 2. The highest BCUT2D eigenvalue weighted by Crippen LogP contribution is 2.21. The van der Waals surface area contributed by atoms with Gasteiger partial charge in [0.05, 0.1) is 0 Å². The van der Waals surface area contributed by atoms with E-state index in [0.29, 0.717) is 19.3 Å². The fraction of sp³-hybridized carbons (Fsp3) is 0.500. The zero-order valence-electron chi connectivity index (χ0n) is 12.0. The molecule has 1 atom stereocenters. The number of halogens is 3. The largest absolute Gasteiger partial charge is 0.480 e. The van der Waals surface area contributed by atoms with Crippen LogP contribution in [0, 0.1) is 0 Å². The van der Waals surface area contributed by atoms with Crippen molar-refractivity contribution in [2.45, 2.75) is 31.5 Å². The van der Waals surface area contributed by atoms with E-state index in [0.717, 1.165) is 0 Å². The van der Waals surface area contributed by atoms with Gasteiger partial charge in [0.1, 0.15) is 11.7 Å². The number of rotatable bonds is 4. The van der Waals surface area contributed by atoms with Crippen molar-refractivity contribution in [2.24, 2.45) is 0 Å². The van der Waals surface area contributed by atoms with Crippen molar-refractivity contribution in [3.63, 3.8) is 0 Å².